The summed E-state index contributed by atoms with van der Waals surface area (Å²) in [5.74, 6) is 1.39. The van der Waals surface area contributed by atoms with Crippen molar-refractivity contribution in [1.82, 2.24) is 29.7 Å². The predicted molar refractivity (Wildman–Crippen MR) is 85.6 cm³/mol. The highest BCUT2D eigenvalue weighted by Crippen LogP contribution is 2.26. The van der Waals surface area contributed by atoms with Gasteiger partial charge in [0.15, 0.2) is 11.6 Å². The normalized spacial score (nSPS) is 10.6. The number of nitrogens with zero attached hydrogens (tertiary/aromatic N) is 6. The lowest BCUT2D eigenvalue weighted by molar-refractivity contribution is 1.04. The minimum atomic E-state index is 0.672. The van der Waals surface area contributed by atoms with Gasteiger partial charge in [-0.3, -0.25) is 19.5 Å². The summed E-state index contributed by atoms with van der Waals surface area (Å²) in [4.78, 5) is 12.6. The minimum absolute atomic E-state index is 0.672. The zero-order valence-electron chi connectivity index (χ0n) is 12.1. The summed E-state index contributed by atoms with van der Waals surface area (Å²) in [6.07, 6.45) is 8.72. The SMILES string of the molecule is c1ccc(-c2nnc(-c3ccncc3)n2-c2cccnc2)nc1. The van der Waals surface area contributed by atoms with Crippen molar-refractivity contribution >= 4 is 0 Å². The molecule has 4 aromatic rings. The molecule has 0 aliphatic carbocycles. The van der Waals surface area contributed by atoms with Gasteiger partial charge in [0.25, 0.3) is 0 Å². The van der Waals surface area contributed by atoms with E-state index < -0.39 is 0 Å². The molecule has 0 radical (unpaired) electrons. The number of hydrogen-bond acceptors (Lipinski definition) is 5. The summed E-state index contributed by atoms with van der Waals surface area (Å²) in [5.41, 5.74) is 2.56. The molecule has 4 heterocycles. The maximum Gasteiger partial charge on any atom is 0.187 e. The Bertz CT molecular complexity index is 847. The molecule has 6 heteroatoms. The van der Waals surface area contributed by atoms with Crippen LogP contribution in [0.1, 0.15) is 0 Å². The van der Waals surface area contributed by atoms with Gasteiger partial charge in [0.2, 0.25) is 0 Å². The van der Waals surface area contributed by atoms with E-state index in [0.717, 1.165) is 22.8 Å². The van der Waals surface area contributed by atoms with Gasteiger partial charge in [0.05, 0.1) is 11.9 Å². The van der Waals surface area contributed by atoms with E-state index in [1.165, 1.54) is 0 Å². The molecule has 6 nitrogen and oxygen atoms in total. The average molecular weight is 300 g/mol. The van der Waals surface area contributed by atoms with Crippen molar-refractivity contribution in [2.75, 3.05) is 0 Å². The van der Waals surface area contributed by atoms with Gasteiger partial charge in [0, 0.05) is 30.4 Å². The van der Waals surface area contributed by atoms with Gasteiger partial charge in [-0.1, -0.05) is 6.07 Å². The van der Waals surface area contributed by atoms with Crippen molar-refractivity contribution in [3.63, 3.8) is 0 Å². The average Bonchev–Trinajstić information content (AvgIpc) is 3.09. The number of aromatic nitrogens is 6. The molecule has 0 aromatic carbocycles. The van der Waals surface area contributed by atoms with Crippen molar-refractivity contribution in [3.05, 3.63) is 73.4 Å². The highest BCUT2D eigenvalue weighted by Gasteiger charge is 2.17. The second-order valence-electron chi connectivity index (χ2n) is 4.84. The maximum atomic E-state index is 4.39. The molecule has 0 saturated heterocycles. The molecule has 0 aliphatic heterocycles. The molecule has 23 heavy (non-hydrogen) atoms. The second kappa shape index (κ2) is 5.76. The smallest absolute Gasteiger partial charge is 0.187 e. The lowest BCUT2D eigenvalue weighted by Crippen LogP contribution is -2.01. The Morgan fingerprint density at radius 2 is 1.57 bits per heavy atom. The van der Waals surface area contributed by atoms with Crippen molar-refractivity contribution in [2.24, 2.45) is 0 Å². The first-order chi connectivity index (χ1) is 11.4. The molecular weight excluding hydrogens is 288 g/mol. The molecule has 0 spiro atoms. The topological polar surface area (TPSA) is 69.4 Å². The molecule has 0 amide bonds. The fraction of sp³-hybridized carbons (Fsp3) is 0. The molecule has 0 fully saturated rings. The van der Waals surface area contributed by atoms with Crippen LogP contribution in [0.3, 0.4) is 0 Å². The number of pyridine rings is 3. The van der Waals surface area contributed by atoms with Crippen LogP contribution in [0, 0.1) is 0 Å². The van der Waals surface area contributed by atoms with Gasteiger partial charge in [-0.25, -0.2) is 0 Å². The van der Waals surface area contributed by atoms with E-state index in [2.05, 4.69) is 25.1 Å². The zero-order valence-corrected chi connectivity index (χ0v) is 12.1. The quantitative estimate of drug-likeness (QED) is 0.582. The zero-order chi connectivity index (χ0) is 15.5. The van der Waals surface area contributed by atoms with E-state index >= 15 is 0 Å². The van der Waals surface area contributed by atoms with Gasteiger partial charge < -0.3 is 0 Å². The Labute approximate surface area is 132 Å². The van der Waals surface area contributed by atoms with Crippen molar-refractivity contribution in [1.29, 1.82) is 0 Å². The van der Waals surface area contributed by atoms with Crippen LogP contribution in [0.15, 0.2) is 73.4 Å². The summed E-state index contributed by atoms with van der Waals surface area (Å²) < 4.78 is 1.95. The first kappa shape index (κ1) is 13.3. The molecular formula is C17H12N6. The van der Waals surface area contributed by atoms with E-state index in [0.29, 0.717) is 5.82 Å². The first-order valence-corrected chi connectivity index (χ1v) is 7.11. The Morgan fingerprint density at radius 3 is 2.30 bits per heavy atom. The fourth-order valence-electron chi connectivity index (χ4n) is 2.36. The lowest BCUT2D eigenvalue weighted by Gasteiger charge is -2.09. The van der Waals surface area contributed by atoms with Crippen LogP contribution >= 0.6 is 0 Å². The molecule has 0 atom stereocenters. The number of rotatable bonds is 3. The summed E-state index contributed by atoms with van der Waals surface area (Å²) in [6, 6.07) is 13.4. The first-order valence-electron chi connectivity index (χ1n) is 7.11. The van der Waals surface area contributed by atoms with Crippen molar-refractivity contribution in [2.45, 2.75) is 0 Å². The third-order valence-electron chi connectivity index (χ3n) is 3.40. The Kier molecular flexibility index (Phi) is 3.32. The van der Waals surface area contributed by atoms with Crippen LogP contribution in [0.4, 0.5) is 0 Å². The van der Waals surface area contributed by atoms with E-state index in [-0.39, 0.29) is 0 Å². The van der Waals surface area contributed by atoms with Crippen LogP contribution < -0.4 is 0 Å². The van der Waals surface area contributed by atoms with E-state index in [1.54, 1.807) is 31.0 Å². The Hall–Kier alpha value is -3.41. The van der Waals surface area contributed by atoms with E-state index in [1.807, 2.05) is 47.0 Å². The largest absolute Gasteiger partial charge is 0.272 e. The fourth-order valence-corrected chi connectivity index (χ4v) is 2.36. The third kappa shape index (κ3) is 2.46. The Morgan fingerprint density at radius 1 is 0.696 bits per heavy atom. The predicted octanol–water partition coefficient (Wildman–Crippen LogP) is 2.79. The van der Waals surface area contributed by atoms with Gasteiger partial charge in [-0.05, 0) is 36.4 Å². The summed E-state index contributed by atoms with van der Waals surface area (Å²) in [7, 11) is 0. The molecule has 0 N–H and O–H groups in total. The second-order valence-corrected chi connectivity index (χ2v) is 4.84. The maximum absolute atomic E-state index is 4.39. The van der Waals surface area contributed by atoms with Gasteiger partial charge >= 0.3 is 0 Å². The molecule has 0 aliphatic rings. The summed E-state index contributed by atoms with van der Waals surface area (Å²) >= 11 is 0. The lowest BCUT2D eigenvalue weighted by atomic mass is 10.2. The Balaban J connectivity index is 1.97. The van der Waals surface area contributed by atoms with Crippen LogP contribution in [0.5, 0.6) is 0 Å². The minimum Gasteiger partial charge on any atom is -0.272 e. The molecule has 4 aromatic heterocycles. The monoisotopic (exact) mass is 300 g/mol. The van der Waals surface area contributed by atoms with Crippen LogP contribution in [0.25, 0.3) is 28.6 Å². The highest BCUT2D eigenvalue weighted by atomic mass is 15.3. The van der Waals surface area contributed by atoms with Gasteiger partial charge in [0.1, 0.15) is 5.69 Å². The summed E-state index contributed by atoms with van der Waals surface area (Å²) in [6.45, 7) is 0. The van der Waals surface area contributed by atoms with E-state index in [9.17, 15) is 0 Å². The molecule has 0 bridgehead atoms. The van der Waals surface area contributed by atoms with Gasteiger partial charge in [-0.2, -0.15) is 0 Å². The van der Waals surface area contributed by atoms with E-state index in [4.69, 9.17) is 0 Å². The van der Waals surface area contributed by atoms with Crippen molar-refractivity contribution < 1.29 is 0 Å². The number of hydrogen-bond donors (Lipinski definition) is 0. The summed E-state index contributed by atoms with van der Waals surface area (Å²) in [5, 5.41) is 8.70. The van der Waals surface area contributed by atoms with Crippen molar-refractivity contribution in [3.8, 4) is 28.6 Å². The molecule has 4 rings (SSSR count). The molecule has 110 valence electrons. The van der Waals surface area contributed by atoms with Crippen LogP contribution in [-0.2, 0) is 0 Å². The molecule has 0 saturated carbocycles. The van der Waals surface area contributed by atoms with Crippen LogP contribution in [0.2, 0.25) is 0 Å². The highest BCUT2D eigenvalue weighted by molar-refractivity contribution is 5.64. The standard InChI is InChI=1S/C17H12N6/c1-2-9-20-15(5-1)17-22-21-16(13-6-10-18-11-7-13)23(17)14-4-3-8-19-12-14/h1-12H. The van der Waals surface area contributed by atoms with Gasteiger partial charge in [-0.15, -0.1) is 10.2 Å². The van der Waals surface area contributed by atoms with Crippen LogP contribution in [-0.4, -0.2) is 29.7 Å². The third-order valence-corrected chi connectivity index (χ3v) is 3.40. The molecule has 0 unspecified atom stereocenters.